The van der Waals surface area contributed by atoms with Crippen molar-refractivity contribution in [2.45, 2.75) is 45.1 Å². The van der Waals surface area contributed by atoms with Crippen LogP contribution >= 0.6 is 0 Å². The number of amides is 1. The summed E-state index contributed by atoms with van der Waals surface area (Å²) in [5.74, 6) is -1.04. The molecule has 3 rings (SSSR count). The second kappa shape index (κ2) is 6.90. The largest absolute Gasteiger partial charge is 0.478 e. The molecule has 0 aromatic carbocycles. The highest BCUT2D eigenvalue weighted by Crippen LogP contribution is 2.24. The van der Waals surface area contributed by atoms with Gasteiger partial charge in [-0.15, -0.1) is 0 Å². The Morgan fingerprint density at radius 1 is 1.15 bits per heavy atom. The van der Waals surface area contributed by atoms with Crippen LogP contribution in [-0.4, -0.2) is 49.7 Å². The summed E-state index contributed by atoms with van der Waals surface area (Å²) in [5, 5.41) is 13.1. The smallest absolute Gasteiger partial charge is 0.338 e. The molecule has 7 nitrogen and oxygen atoms in total. The molecule has 1 fully saturated rings. The zero-order valence-corrected chi connectivity index (χ0v) is 15.3. The minimum atomic E-state index is -0.978. The number of carboxylic acids is 1. The summed E-state index contributed by atoms with van der Waals surface area (Å²) in [6.45, 7) is 7.55. The molecule has 1 N–H and O–H groups in total. The molecule has 138 valence electrons. The van der Waals surface area contributed by atoms with Gasteiger partial charge in [0.2, 0.25) is 0 Å². The number of carbonyl (C=O) groups excluding carboxylic acids is 1. The van der Waals surface area contributed by atoms with Crippen LogP contribution in [-0.2, 0) is 5.41 Å². The van der Waals surface area contributed by atoms with E-state index in [1.165, 1.54) is 6.20 Å². The normalized spacial score (nSPS) is 15.9. The number of nitrogens with zero attached hydrogens (tertiary/aromatic N) is 4. The number of pyridine rings is 1. The maximum absolute atomic E-state index is 12.7. The first kappa shape index (κ1) is 18.1. The minimum Gasteiger partial charge on any atom is -0.478 e. The standard InChI is InChI=1S/C19H24N4O3/c1-19(2,3)14-4-5-16(20-11-14)17(24)22-8-6-15(7-9-22)23-12-13(10-21-23)18(25)26/h4-5,10-12,15H,6-9H2,1-3H3,(H,25,26). The first-order chi connectivity index (χ1) is 12.3. The minimum absolute atomic E-state index is 0.00545. The van der Waals surface area contributed by atoms with E-state index in [1.807, 2.05) is 6.07 Å². The number of hydrogen-bond donors (Lipinski definition) is 1. The summed E-state index contributed by atoms with van der Waals surface area (Å²) in [4.78, 5) is 29.8. The summed E-state index contributed by atoms with van der Waals surface area (Å²) in [7, 11) is 0. The number of piperidine rings is 1. The van der Waals surface area contributed by atoms with Gasteiger partial charge in [0, 0.05) is 25.5 Å². The third-order valence-electron chi connectivity index (χ3n) is 4.82. The van der Waals surface area contributed by atoms with Crippen molar-refractivity contribution in [2.24, 2.45) is 0 Å². The van der Waals surface area contributed by atoms with Crippen LogP contribution in [0.3, 0.4) is 0 Å². The summed E-state index contributed by atoms with van der Waals surface area (Å²) in [6.07, 6.45) is 6.17. The molecule has 7 heteroatoms. The van der Waals surface area contributed by atoms with E-state index in [-0.39, 0.29) is 22.9 Å². The third kappa shape index (κ3) is 3.76. The zero-order valence-electron chi connectivity index (χ0n) is 15.3. The second-order valence-electron chi connectivity index (χ2n) is 7.72. The molecule has 1 aliphatic heterocycles. The van der Waals surface area contributed by atoms with Gasteiger partial charge in [-0.1, -0.05) is 26.8 Å². The molecule has 0 radical (unpaired) electrons. The lowest BCUT2D eigenvalue weighted by Crippen LogP contribution is -2.39. The van der Waals surface area contributed by atoms with Crippen molar-refractivity contribution >= 4 is 11.9 Å². The zero-order chi connectivity index (χ0) is 18.9. The number of rotatable bonds is 3. The van der Waals surface area contributed by atoms with E-state index >= 15 is 0 Å². The van der Waals surface area contributed by atoms with Gasteiger partial charge in [0.15, 0.2) is 0 Å². The van der Waals surface area contributed by atoms with Gasteiger partial charge < -0.3 is 10.0 Å². The Labute approximate surface area is 152 Å². The van der Waals surface area contributed by atoms with Gasteiger partial charge in [-0.05, 0) is 29.9 Å². The first-order valence-electron chi connectivity index (χ1n) is 8.79. The molecule has 2 aromatic heterocycles. The molecule has 2 aromatic rings. The van der Waals surface area contributed by atoms with Crippen LogP contribution < -0.4 is 0 Å². The van der Waals surface area contributed by atoms with Crippen molar-refractivity contribution in [1.82, 2.24) is 19.7 Å². The summed E-state index contributed by atoms with van der Waals surface area (Å²) < 4.78 is 1.70. The lowest BCUT2D eigenvalue weighted by molar-refractivity contribution is 0.0683. The van der Waals surface area contributed by atoms with Crippen LogP contribution in [0.25, 0.3) is 0 Å². The molecular weight excluding hydrogens is 332 g/mol. The quantitative estimate of drug-likeness (QED) is 0.913. The van der Waals surface area contributed by atoms with Gasteiger partial charge in [-0.2, -0.15) is 5.10 Å². The molecule has 0 aliphatic carbocycles. The van der Waals surface area contributed by atoms with Crippen LogP contribution in [0.5, 0.6) is 0 Å². The highest BCUT2D eigenvalue weighted by Gasteiger charge is 2.26. The van der Waals surface area contributed by atoms with Gasteiger partial charge in [0.25, 0.3) is 5.91 Å². The number of aromatic nitrogens is 3. The van der Waals surface area contributed by atoms with E-state index in [9.17, 15) is 9.59 Å². The summed E-state index contributed by atoms with van der Waals surface area (Å²) >= 11 is 0. The van der Waals surface area contributed by atoms with Crippen molar-refractivity contribution in [3.63, 3.8) is 0 Å². The Kier molecular flexibility index (Phi) is 4.80. The number of hydrogen-bond acceptors (Lipinski definition) is 4. The molecule has 3 heterocycles. The molecule has 0 bridgehead atoms. The van der Waals surface area contributed by atoms with E-state index in [4.69, 9.17) is 5.11 Å². The van der Waals surface area contributed by atoms with Crippen molar-refractivity contribution in [3.05, 3.63) is 47.5 Å². The Bertz CT molecular complexity index is 797. The topological polar surface area (TPSA) is 88.3 Å². The predicted octanol–water partition coefficient (Wildman–Crippen LogP) is 2.75. The Hall–Kier alpha value is -2.70. The average molecular weight is 356 g/mol. The molecule has 0 saturated carbocycles. The van der Waals surface area contributed by atoms with Crippen molar-refractivity contribution in [3.8, 4) is 0 Å². The first-order valence-corrected chi connectivity index (χ1v) is 8.79. The fourth-order valence-corrected chi connectivity index (χ4v) is 3.11. The molecular formula is C19H24N4O3. The fourth-order valence-electron chi connectivity index (χ4n) is 3.11. The Morgan fingerprint density at radius 2 is 1.85 bits per heavy atom. The third-order valence-corrected chi connectivity index (χ3v) is 4.82. The van der Waals surface area contributed by atoms with Crippen LogP contribution in [0.15, 0.2) is 30.7 Å². The number of carboxylic acid groups (broad SMARTS) is 1. The number of aromatic carboxylic acids is 1. The molecule has 1 aliphatic rings. The molecule has 26 heavy (non-hydrogen) atoms. The average Bonchev–Trinajstić information content (AvgIpc) is 3.11. The fraction of sp³-hybridized carbons (Fsp3) is 0.474. The summed E-state index contributed by atoms with van der Waals surface area (Å²) in [5.41, 5.74) is 1.75. The van der Waals surface area contributed by atoms with E-state index in [2.05, 4.69) is 30.9 Å². The van der Waals surface area contributed by atoms with E-state index in [0.29, 0.717) is 18.8 Å². The van der Waals surface area contributed by atoms with Gasteiger partial charge >= 0.3 is 5.97 Å². The maximum Gasteiger partial charge on any atom is 0.338 e. The molecule has 1 saturated heterocycles. The van der Waals surface area contributed by atoms with Gasteiger partial charge in [0.05, 0.1) is 17.8 Å². The Balaban J connectivity index is 1.62. The van der Waals surface area contributed by atoms with Crippen LogP contribution in [0.4, 0.5) is 0 Å². The molecule has 1 amide bonds. The van der Waals surface area contributed by atoms with Gasteiger partial charge in [-0.3, -0.25) is 14.5 Å². The van der Waals surface area contributed by atoms with Crippen molar-refractivity contribution < 1.29 is 14.7 Å². The predicted molar refractivity (Wildman–Crippen MR) is 96.3 cm³/mol. The Morgan fingerprint density at radius 3 is 2.35 bits per heavy atom. The van der Waals surface area contributed by atoms with Gasteiger partial charge in [-0.25, -0.2) is 4.79 Å². The number of carbonyl (C=O) groups is 2. The van der Waals surface area contributed by atoms with Crippen molar-refractivity contribution in [2.75, 3.05) is 13.1 Å². The SMILES string of the molecule is CC(C)(C)c1ccc(C(=O)N2CCC(n3cc(C(=O)O)cn3)CC2)nc1. The van der Waals surface area contributed by atoms with E-state index in [0.717, 1.165) is 18.4 Å². The molecule has 0 atom stereocenters. The molecule has 0 unspecified atom stereocenters. The highest BCUT2D eigenvalue weighted by molar-refractivity contribution is 5.92. The van der Waals surface area contributed by atoms with Crippen LogP contribution in [0, 0.1) is 0 Å². The monoisotopic (exact) mass is 356 g/mol. The lowest BCUT2D eigenvalue weighted by Gasteiger charge is -2.32. The van der Waals surface area contributed by atoms with Crippen LogP contribution in [0.1, 0.15) is 66.1 Å². The molecule has 0 spiro atoms. The second-order valence-corrected chi connectivity index (χ2v) is 7.72. The maximum atomic E-state index is 12.7. The highest BCUT2D eigenvalue weighted by atomic mass is 16.4. The van der Waals surface area contributed by atoms with Gasteiger partial charge in [0.1, 0.15) is 5.69 Å². The number of likely N-dealkylation sites (tertiary alicyclic amines) is 1. The van der Waals surface area contributed by atoms with Crippen molar-refractivity contribution in [1.29, 1.82) is 0 Å². The van der Waals surface area contributed by atoms with Crippen LogP contribution in [0.2, 0.25) is 0 Å². The lowest BCUT2D eigenvalue weighted by atomic mass is 9.88. The van der Waals surface area contributed by atoms with E-state index in [1.54, 1.807) is 28.0 Å². The van der Waals surface area contributed by atoms with E-state index < -0.39 is 5.97 Å². The summed E-state index contributed by atoms with van der Waals surface area (Å²) in [6, 6.07) is 3.87.